The van der Waals surface area contributed by atoms with Gasteiger partial charge in [-0.3, -0.25) is 0 Å². The molecule has 0 unspecified atom stereocenters. The first-order valence-corrected chi connectivity index (χ1v) is 8.47. The molecule has 6 heteroatoms. The van der Waals surface area contributed by atoms with Crippen LogP contribution in [0.5, 0.6) is 0 Å². The first-order chi connectivity index (χ1) is 11.7. The molecule has 0 aliphatic heterocycles. The van der Waals surface area contributed by atoms with E-state index < -0.39 is 12.2 Å². The second-order valence-corrected chi connectivity index (χ2v) is 4.94. The van der Waals surface area contributed by atoms with Crippen LogP contribution in [0.3, 0.4) is 0 Å². The highest BCUT2D eigenvalue weighted by Gasteiger charge is 1.99. The minimum Gasteiger partial charge on any atom is -0.449 e. The van der Waals surface area contributed by atoms with Crippen molar-refractivity contribution in [3.63, 3.8) is 0 Å². The number of hydrogen-bond donors (Lipinski definition) is 2. The summed E-state index contributed by atoms with van der Waals surface area (Å²) in [5.41, 5.74) is 0. The van der Waals surface area contributed by atoms with Crippen molar-refractivity contribution in [2.24, 2.45) is 0 Å². The summed E-state index contributed by atoms with van der Waals surface area (Å²) >= 11 is 0. The Balaban J connectivity index is 3.55. The Labute approximate surface area is 145 Å². The zero-order valence-electron chi connectivity index (χ0n) is 14.7. The molecule has 0 aromatic rings. The average Bonchev–Trinajstić information content (AvgIpc) is 2.57. The number of amides is 2. The number of rotatable bonds is 10. The van der Waals surface area contributed by atoms with Gasteiger partial charge >= 0.3 is 12.2 Å². The molecule has 0 spiro atoms. The summed E-state index contributed by atoms with van der Waals surface area (Å²) in [5.74, 6) is 10.9. The van der Waals surface area contributed by atoms with Crippen LogP contribution in [0.15, 0.2) is 0 Å². The van der Waals surface area contributed by atoms with Crippen molar-refractivity contribution >= 4 is 12.2 Å². The van der Waals surface area contributed by atoms with E-state index in [-0.39, 0.29) is 13.2 Å². The lowest BCUT2D eigenvalue weighted by atomic mass is 10.3. The van der Waals surface area contributed by atoms with Crippen LogP contribution in [0.2, 0.25) is 0 Å². The van der Waals surface area contributed by atoms with Gasteiger partial charge in [0.25, 0.3) is 0 Å². The Morgan fingerprint density at radius 3 is 1.58 bits per heavy atom. The molecule has 0 radical (unpaired) electrons. The zero-order chi connectivity index (χ0) is 17.9. The highest BCUT2D eigenvalue weighted by atomic mass is 16.6. The average molecular weight is 336 g/mol. The summed E-state index contributed by atoms with van der Waals surface area (Å²) < 4.78 is 9.87. The Morgan fingerprint density at radius 2 is 1.21 bits per heavy atom. The number of hydrogen-bond acceptors (Lipinski definition) is 4. The van der Waals surface area contributed by atoms with Gasteiger partial charge in [0.1, 0.15) is 13.2 Å². The molecule has 0 saturated carbocycles. The van der Waals surface area contributed by atoms with Gasteiger partial charge in [-0.2, -0.15) is 0 Å². The van der Waals surface area contributed by atoms with Crippen molar-refractivity contribution in [3.05, 3.63) is 0 Å². The number of nitrogens with one attached hydrogen (secondary N) is 2. The van der Waals surface area contributed by atoms with Crippen molar-refractivity contribution in [2.75, 3.05) is 26.3 Å². The second-order valence-electron chi connectivity index (χ2n) is 4.94. The molecule has 6 nitrogen and oxygen atoms in total. The van der Waals surface area contributed by atoms with Gasteiger partial charge in [0.05, 0.1) is 0 Å². The van der Waals surface area contributed by atoms with Crippen LogP contribution in [0, 0.1) is 23.7 Å². The topological polar surface area (TPSA) is 76.7 Å². The van der Waals surface area contributed by atoms with Gasteiger partial charge in [0, 0.05) is 25.9 Å². The largest absolute Gasteiger partial charge is 0.449 e. The standard InChI is InChI=1S/C18H28N2O4/c1-3-5-13-19-17(21)23-15-11-9-7-8-10-12-16-24-18(22)20-14-6-4-2/h3-6,11-16H2,1-2H3,(H,19,21)(H,20,22). The molecule has 24 heavy (non-hydrogen) atoms. The third kappa shape index (κ3) is 16.0. The second kappa shape index (κ2) is 17.0. The smallest absolute Gasteiger partial charge is 0.407 e. The van der Waals surface area contributed by atoms with Gasteiger partial charge in [0.15, 0.2) is 0 Å². The van der Waals surface area contributed by atoms with E-state index in [4.69, 9.17) is 9.47 Å². The molecule has 0 bridgehead atoms. The molecule has 0 aliphatic carbocycles. The highest BCUT2D eigenvalue weighted by Crippen LogP contribution is 1.87. The van der Waals surface area contributed by atoms with Gasteiger partial charge in [0.2, 0.25) is 0 Å². The van der Waals surface area contributed by atoms with Crippen LogP contribution in [0.4, 0.5) is 9.59 Å². The van der Waals surface area contributed by atoms with Crippen molar-refractivity contribution in [2.45, 2.75) is 52.4 Å². The summed E-state index contributed by atoms with van der Waals surface area (Å²) in [5, 5.41) is 5.30. The number of alkyl carbamates (subject to hydrolysis) is 2. The van der Waals surface area contributed by atoms with E-state index in [9.17, 15) is 9.59 Å². The van der Waals surface area contributed by atoms with Crippen LogP contribution >= 0.6 is 0 Å². The Hall–Kier alpha value is -2.34. The van der Waals surface area contributed by atoms with Gasteiger partial charge in [-0.25, -0.2) is 9.59 Å². The first kappa shape index (κ1) is 21.7. The van der Waals surface area contributed by atoms with E-state index in [1.54, 1.807) is 0 Å². The lowest BCUT2D eigenvalue weighted by Gasteiger charge is -2.04. The predicted molar refractivity (Wildman–Crippen MR) is 93.3 cm³/mol. The highest BCUT2D eigenvalue weighted by molar-refractivity contribution is 5.67. The van der Waals surface area contributed by atoms with Crippen LogP contribution < -0.4 is 10.6 Å². The molecule has 2 amide bonds. The molecule has 0 fully saturated rings. The zero-order valence-corrected chi connectivity index (χ0v) is 14.7. The number of unbranched alkanes of at least 4 members (excludes halogenated alkanes) is 2. The molecule has 2 N–H and O–H groups in total. The summed E-state index contributed by atoms with van der Waals surface area (Å²) in [6.45, 7) is 5.86. The van der Waals surface area contributed by atoms with Gasteiger partial charge in [-0.1, -0.05) is 38.5 Å². The van der Waals surface area contributed by atoms with E-state index in [0.29, 0.717) is 25.9 Å². The number of carbonyl (C=O) groups is 2. The lowest BCUT2D eigenvalue weighted by molar-refractivity contribution is 0.147. The maximum Gasteiger partial charge on any atom is 0.407 e. The van der Waals surface area contributed by atoms with Crippen molar-refractivity contribution in [1.29, 1.82) is 0 Å². The van der Waals surface area contributed by atoms with Crippen LogP contribution in [0.25, 0.3) is 0 Å². The van der Waals surface area contributed by atoms with E-state index >= 15 is 0 Å². The minimum absolute atomic E-state index is 0.244. The predicted octanol–water partition coefficient (Wildman–Crippen LogP) is 2.83. The molecule has 134 valence electrons. The number of carbonyl (C=O) groups excluding carboxylic acids is 2. The van der Waals surface area contributed by atoms with E-state index in [0.717, 1.165) is 25.7 Å². The molecule has 0 aromatic heterocycles. The monoisotopic (exact) mass is 336 g/mol. The fraction of sp³-hybridized carbons (Fsp3) is 0.667. The molecule has 0 aromatic carbocycles. The molecular weight excluding hydrogens is 308 g/mol. The van der Waals surface area contributed by atoms with Crippen molar-refractivity contribution in [1.82, 2.24) is 10.6 Å². The first-order valence-electron chi connectivity index (χ1n) is 8.47. The fourth-order valence-corrected chi connectivity index (χ4v) is 1.44. The van der Waals surface area contributed by atoms with Crippen LogP contribution in [-0.2, 0) is 9.47 Å². The van der Waals surface area contributed by atoms with Crippen LogP contribution in [-0.4, -0.2) is 38.5 Å². The van der Waals surface area contributed by atoms with E-state index in [1.807, 2.05) is 0 Å². The maximum absolute atomic E-state index is 11.2. The summed E-state index contributed by atoms with van der Waals surface area (Å²) in [4.78, 5) is 22.4. The Kier molecular flexibility index (Phi) is 15.4. The molecular formula is C18H28N2O4. The molecule has 0 aliphatic rings. The van der Waals surface area contributed by atoms with Crippen molar-refractivity contribution < 1.29 is 19.1 Å². The lowest BCUT2D eigenvalue weighted by Crippen LogP contribution is -2.25. The van der Waals surface area contributed by atoms with Gasteiger partial charge < -0.3 is 20.1 Å². The maximum atomic E-state index is 11.2. The molecule has 0 heterocycles. The summed E-state index contributed by atoms with van der Waals surface area (Å²) in [7, 11) is 0. The van der Waals surface area contributed by atoms with Crippen LogP contribution in [0.1, 0.15) is 52.4 Å². The Morgan fingerprint density at radius 1 is 0.792 bits per heavy atom. The third-order valence-corrected chi connectivity index (χ3v) is 2.76. The number of ether oxygens (including phenoxy) is 2. The van der Waals surface area contributed by atoms with E-state index in [1.165, 1.54) is 0 Å². The van der Waals surface area contributed by atoms with Crippen molar-refractivity contribution in [3.8, 4) is 23.7 Å². The van der Waals surface area contributed by atoms with Gasteiger partial charge in [-0.15, -0.1) is 0 Å². The fourth-order valence-electron chi connectivity index (χ4n) is 1.44. The summed E-state index contributed by atoms with van der Waals surface area (Å²) in [6, 6.07) is 0. The third-order valence-electron chi connectivity index (χ3n) is 2.76. The molecule has 0 saturated heterocycles. The quantitative estimate of drug-likeness (QED) is 0.475. The van der Waals surface area contributed by atoms with E-state index in [2.05, 4.69) is 48.2 Å². The molecule has 0 atom stereocenters. The van der Waals surface area contributed by atoms with Gasteiger partial charge in [-0.05, 0) is 24.7 Å². The molecule has 0 rings (SSSR count). The SMILES string of the molecule is CCCCNC(=O)OCCC#CC#CCCOC(=O)NCCCC. The Bertz CT molecular complexity index is 425. The normalized spacial score (nSPS) is 8.92. The minimum atomic E-state index is -0.411. The summed E-state index contributed by atoms with van der Waals surface area (Å²) in [6.07, 6.45) is 3.98.